The average Bonchev–Trinajstić information content (AvgIpc) is 2.94. The van der Waals surface area contributed by atoms with Crippen molar-refractivity contribution < 1.29 is 9.53 Å². The normalized spacial score (nSPS) is 17.9. The van der Waals surface area contributed by atoms with Gasteiger partial charge >= 0.3 is 0 Å². The van der Waals surface area contributed by atoms with Gasteiger partial charge in [0.25, 0.3) is 0 Å². The number of thiophene rings is 1. The third-order valence-corrected chi connectivity index (χ3v) is 5.19. The predicted molar refractivity (Wildman–Crippen MR) is 81.6 cm³/mol. The number of hydrogen-bond donors (Lipinski definition) is 0. The zero-order valence-electron chi connectivity index (χ0n) is 11.6. The highest BCUT2D eigenvalue weighted by atomic mass is 32.1. The molecule has 20 heavy (non-hydrogen) atoms. The van der Waals surface area contributed by atoms with Gasteiger partial charge in [0.15, 0.2) is 5.78 Å². The van der Waals surface area contributed by atoms with Gasteiger partial charge in [0, 0.05) is 13.2 Å². The molecular formula is C17H18O2S. The van der Waals surface area contributed by atoms with E-state index >= 15 is 0 Å². The summed E-state index contributed by atoms with van der Waals surface area (Å²) in [5.74, 6) is 0.263. The summed E-state index contributed by atoms with van der Waals surface area (Å²) in [6.45, 7) is 3.33. The molecule has 0 radical (unpaired) electrons. The summed E-state index contributed by atoms with van der Waals surface area (Å²) >= 11 is 1.55. The molecule has 1 aromatic heterocycles. The van der Waals surface area contributed by atoms with Crippen LogP contribution in [0.3, 0.4) is 0 Å². The van der Waals surface area contributed by atoms with E-state index in [9.17, 15) is 4.79 Å². The summed E-state index contributed by atoms with van der Waals surface area (Å²) in [7, 11) is 0. The first-order valence-electron chi connectivity index (χ1n) is 6.96. The number of carbonyl (C=O) groups excluding carboxylic acids is 1. The average molecular weight is 286 g/mol. The maximum atomic E-state index is 13.2. The molecule has 0 N–H and O–H groups in total. The minimum absolute atomic E-state index is 0.263. The molecule has 1 aromatic carbocycles. The number of rotatable bonds is 3. The van der Waals surface area contributed by atoms with E-state index in [0.29, 0.717) is 13.2 Å². The van der Waals surface area contributed by atoms with Gasteiger partial charge < -0.3 is 4.74 Å². The Labute approximate surface area is 123 Å². The summed E-state index contributed by atoms with van der Waals surface area (Å²) in [4.78, 5) is 14.1. The van der Waals surface area contributed by atoms with Crippen LogP contribution in [0, 0.1) is 6.92 Å². The van der Waals surface area contributed by atoms with Crippen LogP contribution in [-0.4, -0.2) is 19.0 Å². The first kappa shape index (κ1) is 13.5. The van der Waals surface area contributed by atoms with Crippen molar-refractivity contribution in [3.05, 3.63) is 57.8 Å². The molecule has 0 saturated carbocycles. The van der Waals surface area contributed by atoms with Gasteiger partial charge in [0.05, 0.1) is 10.3 Å². The number of Topliss-reactive ketones (excluding diaryl/α,β-unsaturated/α-hetero) is 1. The summed E-state index contributed by atoms with van der Waals surface area (Å²) in [6, 6.07) is 12.2. The molecule has 2 nitrogen and oxygen atoms in total. The number of aryl methyl sites for hydroxylation is 1. The number of carbonyl (C=O) groups is 1. The van der Waals surface area contributed by atoms with Crippen LogP contribution in [0.2, 0.25) is 0 Å². The van der Waals surface area contributed by atoms with E-state index in [1.807, 2.05) is 36.6 Å². The Hall–Kier alpha value is -1.45. The molecular weight excluding hydrogens is 268 g/mol. The zero-order valence-corrected chi connectivity index (χ0v) is 12.4. The number of ketones is 1. The third kappa shape index (κ3) is 2.21. The molecule has 3 rings (SSSR count). The Kier molecular flexibility index (Phi) is 3.72. The van der Waals surface area contributed by atoms with Crippen molar-refractivity contribution in [2.75, 3.05) is 13.2 Å². The van der Waals surface area contributed by atoms with Crippen LogP contribution < -0.4 is 0 Å². The SMILES string of the molecule is Cc1ccsc1C(=O)C1(c2ccccc2)CCOCC1. The van der Waals surface area contributed by atoms with E-state index < -0.39 is 5.41 Å². The molecule has 0 spiro atoms. The number of ether oxygens (including phenoxy) is 1. The Morgan fingerprint density at radius 1 is 1.15 bits per heavy atom. The minimum atomic E-state index is -0.408. The largest absolute Gasteiger partial charge is 0.381 e. The summed E-state index contributed by atoms with van der Waals surface area (Å²) in [5, 5.41) is 2.00. The monoisotopic (exact) mass is 286 g/mol. The Morgan fingerprint density at radius 3 is 2.45 bits per heavy atom. The molecule has 2 aromatic rings. The molecule has 0 aliphatic carbocycles. The summed E-state index contributed by atoms with van der Waals surface area (Å²) in [6.07, 6.45) is 1.54. The first-order chi connectivity index (χ1) is 9.74. The smallest absolute Gasteiger partial charge is 0.183 e. The highest BCUT2D eigenvalue weighted by molar-refractivity contribution is 7.12. The third-order valence-electron chi connectivity index (χ3n) is 4.18. The van der Waals surface area contributed by atoms with E-state index in [1.54, 1.807) is 11.3 Å². The maximum Gasteiger partial charge on any atom is 0.183 e. The molecule has 1 aliphatic rings. The lowest BCUT2D eigenvalue weighted by molar-refractivity contribution is 0.0426. The quantitative estimate of drug-likeness (QED) is 0.798. The lowest BCUT2D eigenvalue weighted by Gasteiger charge is -2.36. The summed E-state index contributed by atoms with van der Waals surface area (Å²) < 4.78 is 5.50. The van der Waals surface area contributed by atoms with Crippen LogP contribution in [0.25, 0.3) is 0 Å². The van der Waals surface area contributed by atoms with Gasteiger partial charge in [-0.25, -0.2) is 0 Å². The zero-order chi connectivity index (χ0) is 14.0. The van der Waals surface area contributed by atoms with Gasteiger partial charge in [0.1, 0.15) is 0 Å². The maximum absolute atomic E-state index is 13.2. The van der Waals surface area contributed by atoms with Crippen molar-refractivity contribution in [3.63, 3.8) is 0 Å². The van der Waals surface area contributed by atoms with Crippen molar-refractivity contribution in [2.45, 2.75) is 25.2 Å². The standard InChI is InChI=1S/C17H18O2S/c1-13-7-12-20-15(13)16(18)17(8-10-19-11-9-17)14-5-3-2-4-6-14/h2-7,12H,8-11H2,1H3. The second-order valence-electron chi connectivity index (χ2n) is 5.32. The molecule has 1 aliphatic heterocycles. The van der Waals surface area contributed by atoms with E-state index in [-0.39, 0.29) is 5.78 Å². The fourth-order valence-corrected chi connectivity index (χ4v) is 3.91. The summed E-state index contributed by atoms with van der Waals surface area (Å²) in [5.41, 5.74) is 1.80. The minimum Gasteiger partial charge on any atom is -0.381 e. The topological polar surface area (TPSA) is 26.3 Å². The van der Waals surface area contributed by atoms with Gasteiger partial charge in [-0.05, 0) is 42.3 Å². The molecule has 1 fully saturated rings. The van der Waals surface area contributed by atoms with Crippen molar-refractivity contribution >= 4 is 17.1 Å². The van der Waals surface area contributed by atoms with Crippen LogP contribution in [0.15, 0.2) is 41.8 Å². The van der Waals surface area contributed by atoms with Gasteiger partial charge in [0.2, 0.25) is 0 Å². The highest BCUT2D eigenvalue weighted by Crippen LogP contribution is 2.39. The second-order valence-corrected chi connectivity index (χ2v) is 6.24. The van der Waals surface area contributed by atoms with Crippen molar-refractivity contribution in [1.82, 2.24) is 0 Å². The van der Waals surface area contributed by atoms with Crippen molar-refractivity contribution in [2.24, 2.45) is 0 Å². The van der Waals surface area contributed by atoms with Crippen LogP contribution in [-0.2, 0) is 10.2 Å². The van der Waals surface area contributed by atoms with Crippen molar-refractivity contribution in [3.8, 4) is 0 Å². The van der Waals surface area contributed by atoms with Gasteiger partial charge in [-0.3, -0.25) is 4.79 Å². The molecule has 1 saturated heterocycles. The van der Waals surface area contributed by atoms with Gasteiger partial charge in [-0.1, -0.05) is 30.3 Å². The first-order valence-corrected chi connectivity index (χ1v) is 7.84. The lowest BCUT2D eigenvalue weighted by atomic mass is 9.70. The fourth-order valence-electron chi connectivity index (χ4n) is 2.95. The Balaban J connectivity index is 2.07. The predicted octanol–water partition coefficient (Wildman–Crippen LogP) is 3.99. The number of benzene rings is 1. The van der Waals surface area contributed by atoms with Crippen molar-refractivity contribution in [1.29, 1.82) is 0 Å². The van der Waals surface area contributed by atoms with E-state index in [4.69, 9.17) is 4.74 Å². The molecule has 104 valence electrons. The van der Waals surface area contributed by atoms with E-state index in [2.05, 4.69) is 12.1 Å². The molecule has 3 heteroatoms. The Morgan fingerprint density at radius 2 is 1.85 bits per heavy atom. The van der Waals surface area contributed by atoms with Crippen LogP contribution in [0.5, 0.6) is 0 Å². The van der Waals surface area contributed by atoms with Crippen LogP contribution in [0.4, 0.5) is 0 Å². The van der Waals surface area contributed by atoms with Gasteiger partial charge in [-0.15, -0.1) is 11.3 Å². The molecule has 0 bridgehead atoms. The molecule has 2 heterocycles. The molecule has 0 unspecified atom stereocenters. The Bertz CT molecular complexity index is 594. The second kappa shape index (κ2) is 5.51. The lowest BCUT2D eigenvalue weighted by Crippen LogP contribution is -2.41. The number of hydrogen-bond acceptors (Lipinski definition) is 3. The van der Waals surface area contributed by atoms with E-state index in [1.165, 1.54) is 0 Å². The molecule has 0 amide bonds. The fraction of sp³-hybridized carbons (Fsp3) is 0.353. The van der Waals surface area contributed by atoms with Crippen LogP contribution >= 0.6 is 11.3 Å². The molecule has 0 atom stereocenters. The van der Waals surface area contributed by atoms with Gasteiger partial charge in [-0.2, -0.15) is 0 Å². The van der Waals surface area contributed by atoms with Crippen LogP contribution in [0.1, 0.15) is 33.6 Å². The van der Waals surface area contributed by atoms with E-state index in [0.717, 1.165) is 28.8 Å². The highest BCUT2D eigenvalue weighted by Gasteiger charge is 2.42.